The molecule has 0 bridgehead atoms. The lowest BCUT2D eigenvalue weighted by molar-refractivity contribution is -0.154. The third-order valence-corrected chi connectivity index (χ3v) is 10.6. The van der Waals surface area contributed by atoms with Crippen LogP contribution in [0, 0.1) is 5.92 Å². The van der Waals surface area contributed by atoms with Crippen molar-refractivity contribution < 1.29 is 43.3 Å². The molecule has 2 fully saturated rings. The molecule has 0 saturated carbocycles. The van der Waals surface area contributed by atoms with Crippen molar-refractivity contribution in [2.24, 2.45) is 5.92 Å². The van der Waals surface area contributed by atoms with E-state index in [-0.39, 0.29) is 49.2 Å². The summed E-state index contributed by atoms with van der Waals surface area (Å²) in [5.41, 5.74) is -0.0593. The lowest BCUT2D eigenvalue weighted by atomic mass is 9.82. The predicted molar refractivity (Wildman–Crippen MR) is 143 cm³/mol. The van der Waals surface area contributed by atoms with Crippen molar-refractivity contribution in [2.45, 2.75) is 82.5 Å². The molecule has 3 aliphatic heterocycles. The van der Waals surface area contributed by atoms with Crippen LogP contribution >= 0.6 is 0 Å². The number of aliphatic hydroxyl groups excluding tert-OH is 1. The highest BCUT2D eigenvalue weighted by molar-refractivity contribution is 6.71. The summed E-state index contributed by atoms with van der Waals surface area (Å²) >= 11 is 0. The average Bonchev–Trinajstić information content (AvgIpc) is 3.27. The van der Waals surface area contributed by atoms with E-state index in [1.165, 1.54) is 18.9 Å². The van der Waals surface area contributed by atoms with Crippen LogP contribution in [0.15, 0.2) is 18.2 Å². The second-order valence-electron chi connectivity index (χ2n) is 11.1. The lowest BCUT2D eigenvalue weighted by Gasteiger charge is -2.39. The van der Waals surface area contributed by atoms with Gasteiger partial charge >= 0.3 is 11.9 Å². The molecule has 12 heteroatoms. The smallest absolute Gasteiger partial charge is 0.305 e. The average molecular weight is 563 g/mol. The van der Waals surface area contributed by atoms with Gasteiger partial charge in [0.2, 0.25) is 5.91 Å². The molecule has 39 heavy (non-hydrogen) atoms. The van der Waals surface area contributed by atoms with Crippen molar-refractivity contribution in [3.8, 4) is 0 Å². The Hall–Kier alpha value is -2.80. The van der Waals surface area contributed by atoms with Gasteiger partial charge in [-0.05, 0) is 50.6 Å². The van der Waals surface area contributed by atoms with Crippen LogP contribution in [0.2, 0.25) is 18.6 Å². The number of fused-ring (bicyclic) bond motifs is 2. The molecule has 11 nitrogen and oxygen atoms in total. The number of unbranched alkanes of at least 4 members (excludes halogenated alkanes) is 1. The van der Waals surface area contributed by atoms with Crippen LogP contribution in [0.25, 0.3) is 0 Å². The van der Waals surface area contributed by atoms with Crippen molar-refractivity contribution in [3.63, 3.8) is 0 Å². The van der Waals surface area contributed by atoms with Gasteiger partial charge in [0.25, 0.3) is 5.91 Å². The molecule has 4 rings (SSSR count). The summed E-state index contributed by atoms with van der Waals surface area (Å²) in [5, 5.41) is 9.77. The summed E-state index contributed by atoms with van der Waals surface area (Å²) in [7, 11) is -1.52. The van der Waals surface area contributed by atoms with E-state index in [0.717, 1.165) is 0 Å². The number of hydrogen-bond donors (Lipinski definition) is 2. The second-order valence-corrected chi connectivity index (χ2v) is 15.1. The number of anilines is 2. The normalized spacial score (nSPS) is 28.1. The zero-order chi connectivity index (χ0) is 28.7. The van der Waals surface area contributed by atoms with Gasteiger partial charge in [0, 0.05) is 49.2 Å². The van der Waals surface area contributed by atoms with Crippen LogP contribution in [0.4, 0.5) is 11.4 Å². The zero-order valence-electron chi connectivity index (χ0n) is 23.1. The monoisotopic (exact) mass is 562 g/mol. The predicted octanol–water partition coefficient (Wildman–Crippen LogP) is 2.18. The number of nitrogens with zero attached hydrogens (tertiary/aromatic N) is 2. The zero-order valence-corrected chi connectivity index (χ0v) is 24.1. The van der Waals surface area contributed by atoms with Crippen molar-refractivity contribution >= 4 is 43.4 Å². The Balaban J connectivity index is 1.75. The van der Waals surface area contributed by atoms with Gasteiger partial charge in [-0.3, -0.25) is 24.1 Å². The van der Waals surface area contributed by atoms with Crippen LogP contribution in [0.3, 0.4) is 0 Å². The number of methoxy groups -OCH3 is 1. The van der Waals surface area contributed by atoms with Crippen molar-refractivity contribution in [3.05, 3.63) is 23.8 Å². The van der Waals surface area contributed by atoms with Gasteiger partial charge in [-0.1, -0.05) is 6.92 Å². The van der Waals surface area contributed by atoms with E-state index in [4.69, 9.17) is 14.2 Å². The van der Waals surface area contributed by atoms with Gasteiger partial charge in [0.15, 0.2) is 20.1 Å². The first-order valence-corrected chi connectivity index (χ1v) is 16.4. The van der Waals surface area contributed by atoms with Gasteiger partial charge < -0.3 is 29.0 Å². The fourth-order valence-electron chi connectivity index (χ4n) is 6.46. The van der Waals surface area contributed by atoms with Crippen LogP contribution in [-0.2, 0) is 39.0 Å². The van der Waals surface area contributed by atoms with Crippen molar-refractivity contribution in [2.75, 3.05) is 30.1 Å². The number of benzene rings is 1. The first kappa shape index (κ1) is 29.2. The molecule has 1 aromatic rings. The van der Waals surface area contributed by atoms with Crippen LogP contribution in [-0.4, -0.2) is 74.6 Å². The molecule has 214 valence electrons. The molecule has 1 aromatic carbocycles. The van der Waals surface area contributed by atoms with E-state index < -0.39 is 38.1 Å². The standard InChI is InChI=1S/C27H38N2O9Si/c1-16-25(39(4,5)35)21(11-13-30)38-27(16)19-14-18(29-22(32)15-23(29)37-17(2)31)9-10-20(19)28(26(27)34)12-7-6-8-24(33)36-3/h9-10,14,16,21,23,25,30,35H,6-8,11-13,15H2,1-5H3/t16-,21+,23?,25-,27+/m0/s1. The largest absolute Gasteiger partial charge is 0.469 e. The molecule has 1 spiro atoms. The number of aliphatic hydroxyl groups is 1. The minimum atomic E-state index is -2.85. The number of carbonyl (C=O) groups is 4. The fraction of sp³-hybridized carbons (Fsp3) is 0.630. The SMILES string of the molecule is COC(=O)CCCCN1C(=O)[C@]2(O[C@H](CCO)[C@@H]([Si](C)(C)O)[C@@H]2C)c2cc(N3C(=O)CC3OC(C)=O)ccc21. The van der Waals surface area contributed by atoms with E-state index in [1.54, 1.807) is 23.1 Å². The fourth-order valence-corrected chi connectivity index (χ4v) is 9.06. The Bertz CT molecular complexity index is 1150. The summed E-state index contributed by atoms with van der Waals surface area (Å²) in [5.74, 6) is -1.71. The maximum absolute atomic E-state index is 14.3. The van der Waals surface area contributed by atoms with E-state index in [1.807, 2.05) is 20.0 Å². The molecule has 2 N–H and O–H groups in total. The van der Waals surface area contributed by atoms with Gasteiger partial charge in [-0.25, -0.2) is 0 Å². The molecular formula is C27H38N2O9Si. The first-order valence-electron chi connectivity index (χ1n) is 13.4. The van der Waals surface area contributed by atoms with Crippen molar-refractivity contribution in [1.29, 1.82) is 0 Å². The Morgan fingerprint density at radius 3 is 2.54 bits per heavy atom. The minimum absolute atomic E-state index is 0.0743. The van der Waals surface area contributed by atoms with E-state index in [9.17, 15) is 29.1 Å². The van der Waals surface area contributed by atoms with Crippen LogP contribution in [0.5, 0.6) is 0 Å². The molecule has 2 saturated heterocycles. The number of hydrogen-bond acceptors (Lipinski definition) is 9. The summed E-state index contributed by atoms with van der Waals surface area (Å²) in [4.78, 5) is 64.2. The number of rotatable bonds is 10. The molecule has 1 unspecified atom stereocenters. The Morgan fingerprint density at radius 2 is 1.95 bits per heavy atom. The molecular weight excluding hydrogens is 524 g/mol. The first-order chi connectivity index (χ1) is 18.4. The van der Waals surface area contributed by atoms with Crippen LogP contribution < -0.4 is 9.80 Å². The molecule has 3 aliphatic rings. The molecule has 2 amide bonds. The Labute approximate surface area is 229 Å². The highest BCUT2D eigenvalue weighted by Crippen LogP contribution is 2.60. The molecule has 0 aliphatic carbocycles. The summed E-state index contributed by atoms with van der Waals surface area (Å²) in [6, 6.07) is 5.23. The highest BCUT2D eigenvalue weighted by atomic mass is 28.4. The number of β-lactam (4-membered cyclic amide) rings is 1. The Morgan fingerprint density at radius 1 is 1.23 bits per heavy atom. The summed E-state index contributed by atoms with van der Waals surface area (Å²) in [6.07, 6.45) is 0.412. The van der Waals surface area contributed by atoms with Crippen LogP contribution in [0.1, 0.15) is 51.5 Å². The number of esters is 2. The number of carbonyl (C=O) groups excluding carboxylic acids is 4. The van der Waals surface area contributed by atoms with E-state index in [0.29, 0.717) is 36.3 Å². The summed E-state index contributed by atoms with van der Waals surface area (Å²) in [6.45, 7) is 6.99. The maximum Gasteiger partial charge on any atom is 0.305 e. The third-order valence-electron chi connectivity index (χ3n) is 8.11. The number of amides is 2. The van der Waals surface area contributed by atoms with E-state index in [2.05, 4.69) is 0 Å². The van der Waals surface area contributed by atoms with Gasteiger partial charge in [0.05, 0.1) is 25.3 Å². The molecule has 5 atom stereocenters. The molecule has 3 heterocycles. The topological polar surface area (TPSA) is 143 Å². The second kappa shape index (κ2) is 11.0. The maximum atomic E-state index is 14.3. The number of ether oxygens (including phenoxy) is 3. The third kappa shape index (κ3) is 5.10. The minimum Gasteiger partial charge on any atom is -0.469 e. The lowest BCUT2D eigenvalue weighted by Crippen LogP contribution is -2.55. The van der Waals surface area contributed by atoms with Gasteiger partial charge in [-0.2, -0.15) is 0 Å². The highest BCUT2D eigenvalue weighted by Gasteiger charge is 2.66. The van der Waals surface area contributed by atoms with Crippen molar-refractivity contribution in [1.82, 2.24) is 0 Å². The van der Waals surface area contributed by atoms with Gasteiger partial charge in [0.1, 0.15) is 0 Å². The van der Waals surface area contributed by atoms with Gasteiger partial charge in [-0.15, -0.1) is 0 Å². The Kier molecular flexibility index (Phi) is 8.22. The van der Waals surface area contributed by atoms with E-state index >= 15 is 0 Å². The molecule has 0 radical (unpaired) electrons. The summed E-state index contributed by atoms with van der Waals surface area (Å²) < 4.78 is 16.6. The molecule has 0 aromatic heterocycles. The quantitative estimate of drug-likeness (QED) is 0.190.